The van der Waals surface area contributed by atoms with Crippen molar-refractivity contribution in [3.05, 3.63) is 35.4 Å². The van der Waals surface area contributed by atoms with E-state index >= 15 is 0 Å². The first-order valence-electron chi connectivity index (χ1n) is 11.1. The first-order valence-corrected chi connectivity index (χ1v) is 11.1. The number of hydrogen-bond donors (Lipinski definition) is 0. The topological polar surface area (TPSA) is 32.8 Å². The Labute approximate surface area is 162 Å². The van der Waals surface area contributed by atoms with Crippen LogP contribution in [0.5, 0.6) is 0 Å². The van der Waals surface area contributed by atoms with E-state index in [-0.39, 0.29) is 6.10 Å². The molecule has 0 N–H and O–H groups in total. The second kappa shape index (κ2) is 7.56. The number of aryl methyl sites for hydroxylation is 1. The molecule has 0 aromatic heterocycles. The minimum Gasteiger partial charge on any atom is -0.374 e. The number of hydrogen-bond acceptors (Lipinski definition) is 3. The van der Waals surface area contributed by atoms with Gasteiger partial charge >= 0.3 is 0 Å². The Balaban J connectivity index is 1.34. The lowest BCUT2D eigenvalue weighted by Crippen LogP contribution is -2.57. The van der Waals surface area contributed by atoms with Gasteiger partial charge in [-0.05, 0) is 56.1 Å². The first kappa shape index (κ1) is 17.7. The van der Waals surface area contributed by atoms with Gasteiger partial charge in [-0.1, -0.05) is 37.1 Å². The fourth-order valence-corrected chi connectivity index (χ4v) is 5.63. The van der Waals surface area contributed by atoms with Crippen LogP contribution in [0.25, 0.3) is 0 Å². The van der Waals surface area contributed by atoms with Crippen molar-refractivity contribution in [1.29, 1.82) is 0 Å². The van der Waals surface area contributed by atoms with Gasteiger partial charge < -0.3 is 9.64 Å². The van der Waals surface area contributed by atoms with Gasteiger partial charge in [0.05, 0.1) is 25.3 Å². The van der Waals surface area contributed by atoms with Crippen LogP contribution in [0.1, 0.15) is 68.5 Å². The van der Waals surface area contributed by atoms with Gasteiger partial charge in [0.2, 0.25) is 5.91 Å². The molecule has 3 atom stereocenters. The highest BCUT2D eigenvalue weighted by molar-refractivity contribution is 5.79. The molecule has 1 amide bonds. The number of carbonyl (C=O) groups excluding carboxylic acids is 1. The third kappa shape index (κ3) is 3.54. The molecule has 5 rings (SSSR count). The van der Waals surface area contributed by atoms with Crippen LogP contribution in [0.3, 0.4) is 0 Å². The molecule has 3 aliphatic carbocycles. The van der Waals surface area contributed by atoms with Crippen LogP contribution in [0.4, 0.5) is 0 Å². The Bertz CT molecular complexity index is 685. The monoisotopic (exact) mass is 368 g/mol. The maximum Gasteiger partial charge on any atom is 0.237 e. The molecule has 2 saturated carbocycles. The largest absolute Gasteiger partial charge is 0.374 e. The average molecular weight is 369 g/mol. The molecule has 4 aliphatic rings. The summed E-state index contributed by atoms with van der Waals surface area (Å²) in [5, 5.41) is 0. The molecular weight excluding hydrogens is 336 g/mol. The number of fused-ring (bicyclic) bond motifs is 2. The van der Waals surface area contributed by atoms with E-state index in [9.17, 15) is 4.79 Å². The highest BCUT2D eigenvalue weighted by atomic mass is 16.5. The summed E-state index contributed by atoms with van der Waals surface area (Å²) in [6.07, 6.45) is 11.1. The molecule has 4 nitrogen and oxygen atoms in total. The lowest BCUT2D eigenvalue weighted by Gasteiger charge is -2.45. The van der Waals surface area contributed by atoms with Crippen molar-refractivity contribution in [3.8, 4) is 0 Å². The zero-order valence-corrected chi connectivity index (χ0v) is 16.3. The molecule has 0 radical (unpaired) electrons. The number of rotatable bonds is 4. The van der Waals surface area contributed by atoms with Crippen LogP contribution in [0, 0.1) is 0 Å². The van der Waals surface area contributed by atoms with Crippen molar-refractivity contribution >= 4 is 5.91 Å². The smallest absolute Gasteiger partial charge is 0.237 e. The van der Waals surface area contributed by atoms with Crippen molar-refractivity contribution in [2.45, 2.75) is 82.0 Å². The lowest BCUT2D eigenvalue weighted by atomic mass is 9.86. The fourth-order valence-electron chi connectivity index (χ4n) is 5.63. The predicted molar refractivity (Wildman–Crippen MR) is 106 cm³/mol. The molecule has 1 aromatic rings. The molecule has 0 spiro atoms. The molecule has 146 valence electrons. The van der Waals surface area contributed by atoms with Crippen molar-refractivity contribution in [2.24, 2.45) is 0 Å². The molecule has 1 aliphatic heterocycles. The van der Waals surface area contributed by atoms with Gasteiger partial charge in [0.15, 0.2) is 0 Å². The maximum atomic E-state index is 13.4. The summed E-state index contributed by atoms with van der Waals surface area (Å²) < 4.78 is 5.98. The second-order valence-electron chi connectivity index (χ2n) is 8.86. The summed E-state index contributed by atoms with van der Waals surface area (Å²) in [6, 6.07) is 10.2. The number of benzene rings is 1. The summed E-state index contributed by atoms with van der Waals surface area (Å²) in [4.78, 5) is 18.1. The summed E-state index contributed by atoms with van der Waals surface area (Å²) in [5.41, 5.74) is 2.96. The van der Waals surface area contributed by atoms with E-state index in [1.807, 2.05) is 0 Å². The number of nitrogens with zero attached hydrogens (tertiary/aromatic N) is 2. The minimum absolute atomic E-state index is 0.279. The summed E-state index contributed by atoms with van der Waals surface area (Å²) in [6.45, 7) is 2.08. The number of amides is 1. The Morgan fingerprint density at radius 1 is 1.07 bits per heavy atom. The van der Waals surface area contributed by atoms with E-state index in [0.717, 1.165) is 19.4 Å². The van der Waals surface area contributed by atoms with Crippen LogP contribution in [0.15, 0.2) is 24.3 Å². The highest BCUT2D eigenvalue weighted by Gasteiger charge is 2.41. The van der Waals surface area contributed by atoms with Crippen molar-refractivity contribution in [3.63, 3.8) is 0 Å². The maximum absolute atomic E-state index is 13.4. The Morgan fingerprint density at radius 3 is 2.81 bits per heavy atom. The second-order valence-corrected chi connectivity index (χ2v) is 8.86. The first-order chi connectivity index (χ1) is 13.3. The van der Waals surface area contributed by atoms with Gasteiger partial charge in [-0.15, -0.1) is 0 Å². The van der Waals surface area contributed by atoms with Crippen LogP contribution in [-0.4, -0.2) is 53.6 Å². The Hall–Kier alpha value is -1.39. The summed E-state index contributed by atoms with van der Waals surface area (Å²) in [7, 11) is 0. The number of ether oxygens (including phenoxy) is 1. The molecular formula is C23H32N2O2. The molecule has 27 heavy (non-hydrogen) atoms. The number of carbonyl (C=O) groups is 1. The number of morpholine rings is 1. The average Bonchev–Trinajstić information content (AvgIpc) is 3.56. The van der Waals surface area contributed by atoms with E-state index in [2.05, 4.69) is 34.1 Å². The van der Waals surface area contributed by atoms with Gasteiger partial charge in [-0.2, -0.15) is 0 Å². The van der Waals surface area contributed by atoms with Gasteiger partial charge in [-0.3, -0.25) is 9.69 Å². The molecule has 0 bridgehead atoms. The molecule has 3 unspecified atom stereocenters. The van der Waals surface area contributed by atoms with Crippen LogP contribution < -0.4 is 0 Å². The third-order valence-electron chi connectivity index (χ3n) is 7.12. The van der Waals surface area contributed by atoms with Crippen LogP contribution in [0.2, 0.25) is 0 Å². The van der Waals surface area contributed by atoms with E-state index < -0.39 is 0 Å². The van der Waals surface area contributed by atoms with Crippen molar-refractivity contribution in [1.82, 2.24) is 9.80 Å². The van der Waals surface area contributed by atoms with E-state index in [4.69, 9.17) is 4.74 Å². The van der Waals surface area contributed by atoms with Gasteiger partial charge in [0, 0.05) is 18.6 Å². The van der Waals surface area contributed by atoms with E-state index in [1.165, 1.54) is 56.1 Å². The zero-order chi connectivity index (χ0) is 18.2. The Morgan fingerprint density at radius 2 is 1.93 bits per heavy atom. The minimum atomic E-state index is 0.279. The van der Waals surface area contributed by atoms with E-state index in [1.54, 1.807) is 0 Å². The molecule has 1 aromatic carbocycles. The predicted octanol–water partition coefficient (Wildman–Crippen LogP) is 3.70. The lowest BCUT2D eigenvalue weighted by molar-refractivity contribution is -0.151. The zero-order valence-electron chi connectivity index (χ0n) is 16.3. The highest BCUT2D eigenvalue weighted by Crippen LogP contribution is 2.41. The van der Waals surface area contributed by atoms with Crippen LogP contribution in [-0.2, 0) is 16.0 Å². The van der Waals surface area contributed by atoms with Crippen LogP contribution >= 0.6 is 0 Å². The molecule has 3 fully saturated rings. The van der Waals surface area contributed by atoms with E-state index in [0.29, 0.717) is 37.2 Å². The van der Waals surface area contributed by atoms with Gasteiger partial charge in [-0.25, -0.2) is 0 Å². The third-order valence-corrected chi connectivity index (χ3v) is 7.12. The summed E-state index contributed by atoms with van der Waals surface area (Å²) >= 11 is 0. The van der Waals surface area contributed by atoms with Gasteiger partial charge in [0.1, 0.15) is 0 Å². The standard InChI is InChI=1S/C23H32N2O2/c26-23(24-14-15-27-22-11-4-3-9-21(22)24)16-25(18-12-13-18)20-10-5-7-17-6-1-2-8-19(17)20/h1-2,6,8,18,20-22H,3-5,7,9-16H2. The quantitative estimate of drug-likeness (QED) is 0.812. The fraction of sp³-hybridized carbons (Fsp3) is 0.696. The summed E-state index contributed by atoms with van der Waals surface area (Å²) in [5.74, 6) is 0.338. The van der Waals surface area contributed by atoms with Crippen molar-refractivity contribution < 1.29 is 9.53 Å². The SMILES string of the molecule is O=C(CN(C1CC1)C1CCCc2ccccc21)N1CCOC2CCCCC21. The molecule has 1 heterocycles. The van der Waals surface area contributed by atoms with Gasteiger partial charge in [0.25, 0.3) is 0 Å². The normalized spacial score (nSPS) is 30.7. The Kier molecular flexibility index (Phi) is 4.95. The molecule has 1 saturated heterocycles. The van der Waals surface area contributed by atoms with Crippen molar-refractivity contribution in [2.75, 3.05) is 19.7 Å². The molecule has 4 heteroatoms.